The minimum absolute atomic E-state index is 0.00742. The smallest absolute Gasteiger partial charge is 0.246 e. The van der Waals surface area contributed by atoms with Crippen molar-refractivity contribution in [1.29, 1.82) is 0 Å². The molecule has 10 heteroatoms. The molecule has 4 aliphatic rings. The Morgan fingerprint density at radius 1 is 1.18 bits per heavy atom. The topological polar surface area (TPSA) is 48.4 Å². The van der Waals surface area contributed by atoms with Gasteiger partial charge in [-0.1, -0.05) is 24.8 Å². The van der Waals surface area contributed by atoms with Gasteiger partial charge in [-0.05, 0) is 44.5 Å². The molecule has 0 radical (unpaired) electrons. The maximum Gasteiger partial charge on any atom is 0.246 e. The van der Waals surface area contributed by atoms with Crippen LogP contribution in [0, 0.1) is 24.0 Å². The van der Waals surface area contributed by atoms with Gasteiger partial charge < -0.3 is 19.4 Å². The summed E-state index contributed by atoms with van der Waals surface area (Å²) in [5.41, 5.74) is 3.58. The third-order valence-corrected chi connectivity index (χ3v) is 10.1. The molecule has 210 valence electrons. The summed E-state index contributed by atoms with van der Waals surface area (Å²) >= 11 is 7.82. The summed E-state index contributed by atoms with van der Waals surface area (Å²) in [6.45, 7) is 17.1. The second-order valence-electron chi connectivity index (χ2n) is 11.3. The van der Waals surface area contributed by atoms with Crippen molar-refractivity contribution in [2.24, 2.45) is 10.4 Å². The van der Waals surface area contributed by atoms with Crippen molar-refractivity contribution in [3.05, 3.63) is 71.0 Å². The number of thioether (sulfide) groups is 1. The van der Waals surface area contributed by atoms with Crippen molar-refractivity contribution in [3.8, 4) is 11.1 Å². The molecule has 2 fully saturated rings. The van der Waals surface area contributed by atoms with Gasteiger partial charge in [0.05, 0.1) is 23.9 Å². The predicted molar refractivity (Wildman–Crippen MR) is 156 cm³/mol. The maximum atomic E-state index is 15.3. The summed E-state index contributed by atoms with van der Waals surface area (Å²) in [4.78, 5) is 24.6. The molecule has 0 bridgehead atoms. The first-order valence-corrected chi connectivity index (χ1v) is 14.7. The molecule has 0 unspecified atom stereocenters. The standard InChI is InChI=1S/C30H31ClF2N4O2S/c1-6-25(38)35-10-18(4)36(11-17(35)3)29-21-7-16(2)26(20-8-22(31)24(33)9-23(20)32)28-27(21)37(19(5)34-29)12-30(15-40-28)13-39-14-30/h6-9,17-18H,1,5,10-15H2,2-4H3/t17-,18+/m1/s1. The normalized spacial score (nSPS) is 23.4. The number of piperazine rings is 1. The Kier molecular flexibility index (Phi) is 6.75. The number of aryl methyl sites for hydroxylation is 1. The number of aliphatic imine (C=N–C) groups is 1. The Bertz CT molecular complexity index is 1490. The van der Waals surface area contributed by atoms with Crippen LogP contribution in [0.2, 0.25) is 5.02 Å². The van der Waals surface area contributed by atoms with Crippen molar-refractivity contribution in [2.75, 3.05) is 43.5 Å². The number of ether oxygens (including phenoxy) is 1. The zero-order valence-electron chi connectivity index (χ0n) is 22.8. The van der Waals surface area contributed by atoms with Gasteiger partial charge in [0.15, 0.2) is 0 Å². The molecule has 0 N–H and O–H groups in total. The summed E-state index contributed by atoms with van der Waals surface area (Å²) in [5.74, 6) is 0.642. The van der Waals surface area contributed by atoms with Gasteiger partial charge in [-0.25, -0.2) is 13.8 Å². The highest BCUT2D eigenvalue weighted by atomic mass is 35.5. The molecule has 1 spiro atoms. The maximum absolute atomic E-state index is 15.3. The summed E-state index contributed by atoms with van der Waals surface area (Å²) in [6, 6.07) is 4.21. The van der Waals surface area contributed by atoms with Crippen LogP contribution in [0.5, 0.6) is 0 Å². The number of amidine groups is 1. The molecule has 1 amide bonds. The third kappa shape index (κ3) is 4.25. The van der Waals surface area contributed by atoms with Gasteiger partial charge in [-0.2, -0.15) is 0 Å². The average Bonchev–Trinajstić information content (AvgIpc) is 3.08. The van der Waals surface area contributed by atoms with Crippen LogP contribution in [0.4, 0.5) is 14.5 Å². The fraction of sp³-hybridized carbons (Fsp3) is 0.400. The first-order chi connectivity index (χ1) is 19.0. The molecule has 6 nitrogen and oxygen atoms in total. The lowest BCUT2D eigenvalue weighted by Crippen LogP contribution is -2.60. The quantitative estimate of drug-likeness (QED) is 0.327. The van der Waals surface area contributed by atoms with E-state index in [2.05, 4.69) is 29.9 Å². The number of carbonyl (C=O) groups is 1. The van der Waals surface area contributed by atoms with Gasteiger partial charge in [0.2, 0.25) is 5.91 Å². The molecule has 2 aromatic rings. The summed E-state index contributed by atoms with van der Waals surface area (Å²) in [5, 5.41) is -0.124. The fourth-order valence-corrected chi connectivity index (χ4v) is 7.83. The molecule has 4 aliphatic heterocycles. The van der Waals surface area contributed by atoms with E-state index in [-0.39, 0.29) is 34.0 Å². The molecular formula is C30H31ClF2N4O2S. The van der Waals surface area contributed by atoms with E-state index in [1.54, 1.807) is 11.8 Å². The lowest BCUT2D eigenvalue weighted by molar-refractivity contribution is -0.130. The monoisotopic (exact) mass is 584 g/mol. The van der Waals surface area contributed by atoms with E-state index in [1.807, 2.05) is 24.8 Å². The number of anilines is 1. The molecular weight excluding hydrogens is 554 g/mol. The van der Waals surface area contributed by atoms with E-state index in [0.29, 0.717) is 44.2 Å². The zero-order chi connectivity index (χ0) is 28.5. The van der Waals surface area contributed by atoms with E-state index in [1.165, 1.54) is 12.1 Å². The number of halogens is 3. The van der Waals surface area contributed by atoms with Gasteiger partial charge in [-0.15, -0.1) is 11.8 Å². The van der Waals surface area contributed by atoms with Crippen LogP contribution < -0.4 is 4.90 Å². The number of hydrogen-bond donors (Lipinski definition) is 0. The van der Waals surface area contributed by atoms with E-state index in [4.69, 9.17) is 21.3 Å². The van der Waals surface area contributed by atoms with Crippen LogP contribution in [0.3, 0.4) is 0 Å². The molecule has 6 rings (SSSR count). The highest BCUT2D eigenvalue weighted by molar-refractivity contribution is 7.99. The fourth-order valence-electron chi connectivity index (χ4n) is 6.18. The molecule has 0 aliphatic carbocycles. The van der Waals surface area contributed by atoms with Gasteiger partial charge in [0.1, 0.15) is 23.3 Å². The largest absolute Gasteiger partial charge is 0.380 e. The van der Waals surface area contributed by atoms with Crippen molar-refractivity contribution in [2.45, 2.75) is 37.8 Å². The molecule has 4 heterocycles. The van der Waals surface area contributed by atoms with Crippen LogP contribution in [0.15, 0.2) is 53.1 Å². The van der Waals surface area contributed by atoms with E-state index >= 15 is 4.39 Å². The minimum atomic E-state index is -0.788. The Morgan fingerprint density at radius 2 is 1.93 bits per heavy atom. The van der Waals surface area contributed by atoms with Crippen LogP contribution in [0.25, 0.3) is 11.1 Å². The van der Waals surface area contributed by atoms with E-state index in [0.717, 1.165) is 39.4 Å². The SMILES string of the molecule is C=CC(=O)N1C[C@H](C)N(C2=NC(=C)N3CC4(COC4)CSc4c(-c5cc(Cl)c(F)cc5F)c(C)cc2c43)C[C@H]1C. The predicted octanol–water partition coefficient (Wildman–Crippen LogP) is 5.86. The summed E-state index contributed by atoms with van der Waals surface area (Å²) in [6.07, 6.45) is 1.36. The van der Waals surface area contributed by atoms with Crippen LogP contribution in [-0.4, -0.2) is 72.2 Å². The number of hydrogen-bond acceptors (Lipinski definition) is 6. The highest BCUT2D eigenvalue weighted by Gasteiger charge is 2.46. The Hall–Kier alpha value is -2.88. The van der Waals surface area contributed by atoms with Crippen molar-refractivity contribution in [3.63, 3.8) is 0 Å². The second-order valence-corrected chi connectivity index (χ2v) is 12.7. The molecule has 2 atom stereocenters. The van der Waals surface area contributed by atoms with E-state index in [9.17, 15) is 9.18 Å². The van der Waals surface area contributed by atoms with Gasteiger partial charge in [-0.3, -0.25) is 4.79 Å². The minimum Gasteiger partial charge on any atom is -0.380 e. The number of nitrogens with zero attached hydrogens (tertiary/aromatic N) is 4. The van der Waals surface area contributed by atoms with Crippen molar-refractivity contribution in [1.82, 2.24) is 9.80 Å². The number of carbonyl (C=O) groups excluding carboxylic acids is 1. The highest BCUT2D eigenvalue weighted by Crippen LogP contribution is 2.53. The number of amides is 1. The van der Waals surface area contributed by atoms with Crippen LogP contribution in [0.1, 0.15) is 25.0 Å². The number of rotatable bonds is 2. The first kappa shape index (κ1) is 27.3. The van der Waals surface area contributed by atoms with Crippen LogP contribution >= 0.6 is 23.4 Å². The summed E-state index contributed by atoms with van der Waals surface area (Å²) in [7, 11) is 0. The lowest BCUT2D eigenvalue weighted by Gasteiger charge is -2.48. The summed E-state index contributed by atoms with van der Waals surface area (Å²) < 4.78 is 35.1. The van der Waals surface area contributed by atoms with Crippen molar-refractivity contribution >= 4 is 40.8 Å². The average molecular weight is 585 g/mol. The third-order valence-electron chi connectivity index (χ3n) is 8.34. The van der Waals surface area contributed by atoms with E-state index < -0.39 is 11.6 Å². The molecule has 0 aromatic heterocycles. The Balaban J connectivity index is 1.53. The zero-order valence-corrected chi connectivity index (χ0v) is 24.3. The lowest BCUT2D eigenvalue weighted by atomic mass is 9.86. The van der Waals surface area contributed by atoms with Crippen molar-refractivity contribution < 1.29 is 18.3 Å². The van der Waals surface area contributed by atoms with Crippen LogP contribution in [-0.2, 0) is 9.53 Å². The molecule has 40 heavy (non-hydrogen) atoms. The molecule has 0 saturated carbocycles. The Morgan fingerprint density at radius 3 is 2.60 bits per heavy atom. The molecule has 2 aromatic carbocycles. The molecule has 2 saturated heterocycles. The number of benzene rings is 2. The van der Waals surface area contributed by atoms with Gasteiger partial charge in [0.25, 0.3) is 0 Å². The van der Waals surface area contributed by atoms with Gasteiger partial charge >= 0.3 is 0 Å². The Labute approximate surface area is 242 Å². The second kappa shape index (κ2) is 9.89. The first-order valence-electron chi connectivity index (χ1n) is 13.3. The van der Waals surface area contributed by atoms with Gasteiger partial charge in [0, 0.05) is 70.5 Å².